The highest BCUT2D eigenvalue weighted by molar-refractivity contribution is 8.77. The molecule has 4 N–H and O–H groups in total. The zero-order valence-corrected chi connectivity index (χ0v) is 18.6. The molecule has 0 bridgehead atoms. The molecule has 1 aromatic carbocycles. The SMILES string of the molecule is CC(=O)NC(Cc1c[nH]c2ccccc12)C(=O)NC(CSSC(C)(C)C)C(=O)O. The van der Waals surface area contributed by atoms with E-state index < -0.39 is 24.0 Å². The first-order chi connectivity index (χ1) is 13.6. The number of benzene rings is 1. The first kappa shape index (κ1) is 23.2. The Hall–Kier alpha value is -2.13. The zero-order chi connectivity index (χ0) is 21.6. The molecule has 29 heavy (non-hydrogen) atoms. The van der Waals surface area contributed by atoms with E-state index in [1.807, 2.05) is 45.0 Å². The van der Waals surface area contributed by atoms with Gasteiger partial charge in [-0.15, -0.1) is 0 Å². The Labute approximate surface area is 178 Å². The third kappa shape index (κ3) is 7.32. The van der Waals surface area contributed by atoms with Crippen LogP contribution >= 0.6 is 21.6 Å². The van der Waals surface area contributed by atoms with Crippen molar-refractivity contribution in [2.24, 2.45) is 0 Å². The molecule has 1 aromatic heterocycles. The van der Waals surface area contributed by atoms with Crippen LogP contribution in [0.3, 0.4) is 0 Å². The molecule has 2 unspecified atom stereocenters. The number of carbonyl (C=O) groups is 3. The van der Waals surface area contributed by atoms with Gasteiger partial charge in [-0.2, -0.15) is 0 Å². The van der Waals surface area contributed by atoms with Gasteiger partial charge in [0.15, 0.2) is 0 Å². The van der Waals surface area contributed by atoms with E-state index in [4.69, 9.17) is 0 Å². The summed E-state index contributed by atoms with van der Waals surface area (Å²) in [5, 5.41) is 15.7. The second-order valence-corrected chi connectivity index (χ2v) is 10.9. The molecule has 2 amide bonds. The van der Waals surface area contributed by atoms with Crippen LogP contribution in [0.2, 0.25) is 0 Å². The summed E-state index contributed by atoms with van der Waals surface area (Å²) in [6.45, 7) is 7.44. The highest BCUT2D eigenvalue weighted by atomic mass is 33.1. The predicted octanol–water partition coefficient (Wildman–Crippen LogP) is 2.96. The van der Waals surface area contributed by atoms with Crippen LogP contribution in [0.15, 0.2) is 30.5 Å². The Balaban J connectivity index is 2.10. The lowest BCUT2D eigenvalue weighted by Crippen LogP contribution is -2.52. The molecule has 0 radical (unpaired) electrons. The van der Waals surface area contributed by atoms with E-state index in [2.05, 4.69) is 15.6 Å². The molecular weight excluding hydrogens is 410 g/mol. The van der Waals surface area contributed by atoms with Gasteiger partial charge in [0.25, 0.3) is 0 Å². The molecule has 2 atom stereocenters. The number of H-pyrrole nitrogens is 1. The fourth-order valence-corrected chi connectivity index (χ4v) is 5.16. The van der Waals surface area contributed by atoms with Gasteiger partial charge in [0, 0.05) is 40.9 Å². The van der Waals surface area contributed by atoms with Gasteiger partial charge in [0.1, 0.15) is 12.1 Å². The van der Waals surface area contributed by atoms with Crippen molar-refractivity contribution in [3.8, 4) is 0 Å². The third-order valence-corrected chi connectivity index (χ3v) is 7.30. The van der Waals surface area contributed by atoms with E-state index in [-0.39, 0.29) is 22.8 Å². The van der Waals surface area contributed by atoms with Crippen LogP contribution in [0.1, 0.15) is 33.3 Å². The highest BCUT2D eigenvalue weighted by Crippen LogP contribution is 2.35. The number of carbonyl (C=O) groups excluding carboxylic acids is 2. The number of carboxylic acid groups (broad SMARTS) is 1. The topological polar surface area (TPSA) is 111 Å². The maximum atomic E-state index is 12.8. The number of aromatic nitrogens is 1. The van der Waals surface area contributed by atoms with Gasteiger partial charge in [-0.25, -0.2) is 4.79 Å². The predicted molar refractivity (Wildman–Crippen MR) is 119 cm³/mol. The zero-order valence-electron chi connectivity index (χ0n) is 16.9. The first-order valence-corrected chi connectivity index (χ1v) is 11.5. The molecular formula is C20H27N3O4S2. The van der Waals surface area contributed by atoms with Crippen LogP contribution in [0.5, 0.6) is 0 Å². The maximum absolute atomic E-state index is 12.8. The summed E-state index contributed by atoms with van der Waals surface area (Å²) in [4.78, 5) is 39.2. The molecule has 0 saturated heterocycles. The van der Waals surface area contributed by atoms with E-state index >= 15 is 0 Å². The number of para-hydroxylation sites is 1. The van der Waals surface area contributed by atoms with Crippen molar-refractivity contribution in [2.75, 3.05) is 5.75 Å². The second-order valence-electron chi connectivity index (χ2n) is 7.70. The Bertz CT molecular complexity index is 876. The summed E-state index contributed by atoms with van der Waals surface area (Å²) in [5.41, 5.74) is 1.81. The summed E-state index contributed by atoms with van der Waals surface area (Å²) in [5.74, 6) is -1.74. The van der Waals surface area contributed by atoms with E-state index in [1.165, 1.54) is 17.7 Å². The molecule has 7 nitrogen and oxygen atoms in total. The van der Waals surface area contributed by atoms with Crippen molar-refractivity contribution < 1.29 is 19.5 Å². The van der Waals surface area contributed by atoms with Gasteiger partial charge in [-0.3, -0.25) is 9.59 Å². The Morgan fingerprint density at radius 2 is 1.83 bits per heavy atom. The summed E-state index contributed by atoms with van der Waals surface area (Å²) in [7, 11) is 2.96. The molecule has 158 valence electrons. The number of nitrogens with one attached hydrogen (secondary N) is 3. The van der Waals surface area contributed by atoms with E-state index in [0.717, 1.165) is 16.5 Å². The fraction of sp³-hybridized carbons (Fsp3) is 0.450. The molecule has 0 spiro atoms. The summed E-state index contributed by atoms with van der Waals surface area (Å²) in [6.07, 6.45) is 2.06. The van der Waals surface area contributed by atoms with Gasteiger partial charge in [-0.1, -0.05) is 60.6 Å². The molecule has 2 aromatic rings. The van der Waals surface area contributed by atoms with Gasteiger partial charge >= 0.3 is 5.97 Å². The van der Waals surface area contributed by atoms with Crippen LogP contribution in [-0.4, -0.2) is 50.5 Å². The lowest BCUT2D eigenvalue weighted by Gasteiger charge is -2.22. The standard InChI is InChI=1S/C20H27N3O4S2/c1-12(24)22-16(9-13-10-21-15-8-6-5-7-14(13)15)18(25)23-17(19(26)27)11-28-29-20(2,3)4/h5-8,10,16-17,21H,9,11H2,1-4H3,(H,22,24)(H,23,25)(H,26,27). The average Bonchev–Trinajstić information content (AvgIpc) is 3.02. The van der Waals surface area contributed by atoms with Crippen molar-refractivity contribution in [1.82, 2.24) is 15.6 Å². The monoisotopic (exact) mass is 437 g/mol. The smallest absolute Gasteiger partial charge is 0.327 e. The molecule has 0 saturated carbocycles. The fourth-order valence-electron chi connectivity index (χ4n) is 2.70. The molecule has 0 fully saturated rings. The molecule has 0 aliphatic rings. The molecule has 1 heterocycles. The Kier molecular flexibility index (Phi) is 8.04. The van der Waals surface area contributed by atoms with Gasteiger partial charge in [0.2, 0.25) is 11.8 Å². The minimum Gasteiger partial charge on any atom is -0.480 e. The molecule has 0 aliphatic carbocycles. The quantitative estimate of drug-likeness (QED) is 0.449. The average molecular weight is 438 g/mol. The van der Waals surface area contributed by atoms with Crippen LogP contribution < -0.4 is 10.6 Å². The van der Waals surface area contributed by atoms with Gasteiger partial charge < -0.3 is 20.7 Å². The number of aliphatic carboxylic acids is 1. The van der Waals surface area contributed by atoms with Crippen molar-refractivity contribution in [2.45, 2.75) is 50.9 Å². The summed E-state index contributed by atoms with van der Waals surface area (Å²) in [6, 6.07) is 5.76. The van der Waals surface area contributed by atoms with Gasteiger partial charge in [-0.05, 0) is 11.6 Å². The number of fused-ring (bicyclic) bond motifs is 1. The van der Waals surface area contributed by atoms with Crippen LogP contribution in [0.25, 0.3) is 10.9 Å². The molecule has 2 rings (SSSR count). The first-order valence-electron chi connectivity index (χ1n) is 9.22. The van der Waals surface area contributed by atoms with Crippen LogP contribution in [0.4, 0.5) is 0 Å². The number of hydrogen-bond acceptors (Lipinski definition) is 5. The molecule has 9 heteroatoms. The number of amides is 2. The maximum Gasteiger partial charge on any atom is 0.327 e. The number of aromatic amines is 1. The number of rotatable bonds is 9. The molecule has 0 aliphatic heterocycles. The normalized spacial score (nSPS) is 13.7. The number of carboxylic acids is 1. The van der Waals surface area contributed by atoms with Crippen LogP contribution in [-0.2, 0) is 20.8 Å². The lowest BCUT2D eigenvalue weighted by atomic mass is 10.0. The van der Waals surface area contributed by atoms with Crippen molar-refractivity contribution in [3.05, 3.63) is 36.0 Å². The summed E-state index contributed by atoms with van der Waals surface area (Å²) >= 11 is 0. The van der Waals surface area contributed by atoms with Gasteiger partial charge in [0.05, 0.1) is 0 Å². The van der Waals surface area contributed by atoms with Crippen LogP contribution in [0, 0.1) is 0 Å². The summed E-state index contributed by atoms with van der Waals surface area (Å²) < 4.78 is -0.0220. The lowest BCUT2D eigenvalue weighted by molar-refractivity contribution is -0.141. The second kappa shape index (κ2) is 10.1. The minimum atomic E-state index is -1.10. The largest absolute Gasteiger partial charge is 0.480 e. The third-order valence-electron chi connectivity index (χ3n) is 3.95. The highest BCUT2D eigenvalue weighted by Gasteiger charge is 2.27. The Morgan fingerprint density at radius 3 is 2.45 bits per heavy atom. The minimum absolute atomic E-state index is 0.0220. The van der Waals surface area contributed by atoms with E-state index in [1.54, 1.807) is 17.0 Å². The van der Waals surface area contributed by atoms with Crippen molar-refractivity contribution in [3.63, 3.8) is 0 Å². The Morgan fingerprint density at radius 1 is 1.14 bits per heavy atom. The van der Waals surface area contributed by atoms with Crippen molar-refractivity contribution >= 4 is 50.3 Å². The number of hydrogen-bond donors (Lipinski definition) is 4. The van der Waals surface area contributed by atoms with Crippen molar-refractivity contribution in [1.29, 1.82) is 0 Å². The van der Waals surface area contributed by atoms with E-state index in [9.17, 15) is 19.5 Å². The van der Waals surface area contributed by atoms with E-state index in [0.29, 0.717) is 0 Å².